The van der Waals surface area contributed by atoms with Gasteiger partial charge in [-0.05, 0) is 30.2 Å². The number of para-hydroxylation sites is 2. The molecule has 0 amide bonds. The minimum Gasteiger partial charge on any atom is -0.496 e. The highest BCUT2D eigenvalue weighted by Crippen LogP contribution is 2.31. The second-order valence-electron chi connectivity index (χ2n) is 5.63. The fourth-order valence-corrected chi connectivity index (χ4v) is 2.58. The van der Waals surface area contributed by atoms with Gasteiger partial charge in [0, 0.05) is 0 Å². The molecule has 0 bridgehead atoms. The predicted octanol–water partition coefficient (Wildman–Crippen LogP) is 4.00. The van der Waals surface area contributed by atoms with Crippen LogP contribution in [0.2, 0.25) is 0 Å². The van der Waals surface area contributed by atoms with Gasteiger partial charge in [0.25, 0.3) is 0 Å². The third-order valence-corrected chi connectivity index (χ3v) is 3.77. The lowest BCUT2D eigenvalue weighted by atomic mass is 9.81. The van der Waals surface area contributed by atoms with Crippen molar-refractivity contribution in [3.63, 3.8) is 0 Å². The lowest BCUT2D eigenvalue weighted by molar-refractivity contribution is 0.0900. The average molecular weight is 325 g/mol. The molecule has 0 unspecified atom stereocenters. The second kappa shape index (κ2) is 7.77. The third kappa shape index (κ3) is 3.48. The molecule has 0 aromatic heterocycles. The smallest absolute Gasteiger partial charge is 0.182 e. The zero-order valence-corrected chi connectivity index (χ0v) is 14.3. The van der Waals surface area contributed by atoms with E-state index in [1.807, 2.05) is 13.8 Å². The van der Waals surface area contributed by atoms with Crippen molar-refractivity contribution < 1.29 is 19.1 Å². The Balaban J connectivity index is 2.46. The van der Waals surface area contributed by atoms with Crippen molar-refractivity contribution in [2.45, 2.75) is 13.8 Å². The van der Waals surface area contributed by atoms with Crippen LogP contribution in [0.1, 0.15) is 34.6 Å². The van der Waals surface area contributed by atoms with Crippen molar-refractivity contribution in [3.8, 4) is 11.5 Å². The highest BCUT2D eigenvalue weighted by Gasteiger charge is 2.34. The van der Waals surface area contributed by atoms with E-state index in [4.69, 9.17) is 9.47 Å². The minimum absolute atomic E-state index is 0.212. The summed E-state index contributed by atoms with van der Waals surface area (Å²) in [7, 11) is 3.01. The number of ether oxygens (including phenoxy) is 2. The first-order chi connectivity index (χ1) is 11.5. The molecule has 0 aliphatic heterocycles. The molecule has 0 heterocycles. The van der Waals surface area contributed by atoms with E-state index in [2.05, 4.69) is 0 Å². The first-order valence-electron chi connectivity index (χ1n) is 7.73. The molecule has 4 nitrogen and oxygen atoms in total. The lowest BCUT2D eigenvalue weighted by Gasteiger charge is -2.20. The zero-order valence-electron chi connectivity index (χ0n) is 14.3. The maximum atomic E-state index is 13.0. The van der Waals surface area contributed by atoms with Gasteiger partial charge in [-0.25, -0.2) is 0 Å². The summed E-state index contributed by atoms with van der Waals surface area (Å²) in [6, 6.07) is 13.8. The van der Waals surface area contributed by atoms with E-state index in [1.165, 1.54) is 14.2 Å². The van der Waals surface area contributed by atoms with E-state index < -0.39 is 0 Å². The Morgan fingerprint density at radius 2 is 1.12 bits per heavy atom. The van der Waals surface area contributed by atoms with E-state index in [0.29, 0.717) is 22.6 Å². The minimum atomic E-state index is -0.321. The molecule has 2 aromatic carbocycles. The van der Waals surface area contributed by atoms with Crippen molar-refractivity contribution in [3.05, 3.63) is 65.6 Å². The van der Waals surface area contributed by atoms with Gasteiger partial charge in [-0.1, -0.05) is 38.1 Å². The van der Waals surface area contributed by atoms with Crippen LogP contribution in [0.5, 0.6) is 11.5 Å². The summed E-state index contributed by atoms with van der Waals surface area (Å²) < 4.78 is 10.5. The Labute approximate surface area is 142 Å². The van der Waals surface area contributed by atoms with Crippen LogP contribution >= 0.6 is 0 Å². The van der Waals surface area contributed by atoms with Crippen LogP contribution in [0.3, 0.4) is 0 Å². The predicted molar refractivity (Wildman–Crippen MR) is 92.7 cm³/mol. The molecule has 0 saturated carbocycles. The van der Waals surface area contributed by atoms with Gasteiger partial charge in [0.2, 0.25) is 0 Å². The Morgan fingerprint density at radius 3 is 1.46 bits per heavy atom. The van der Waals surface area contributed by atoms with Gasteiger partial charge in [0.1, 0.15) is 17.4 Å². The quantitative estimate of drug-likeness (QED) is 0.570. The lowest BCUT2D eigenvalue weighted by Crippen LogP contribution is -2.27. The van der Waals surface area contributed by atoms with Crippen molar-refractivity contribution in [2.75, 3.05) is 14.2 Å². The summed E-state index contributed by atoms with van der Waals surface area (Å²) in [5, 5.41) is 0. The Bertz CT molecular complexity index is 674. The molecule has 0 atom stereocenters. The van der Waals surface area contributed by atoms with Gasteiger partial charge < -0.3 is 9.47 Å². The van der Waals surface area contributed by atoms with Crippen LogP contribution in [0.25, 0.3) is 0 Å². The Kier molecular flexibility index (Phi) is 5.74. The molecule has 0 spiro atoms. The summed E-state index contributed by atoms with van der Waals surface area (Å²) >= 11 is 0. The molecule has 2 rings (SSSR count). The molecule has 0 aliphatic carbocycles. The first kappa shape index (κ1) is 17.7. The van der Waals surface area contributed by atoms with E-state index in [0.717, 1.165) is 0 Å². The SMILES string of the molecule is COc1ccccc1C(=O)[C](C(=O)c1ccccc1OC)C(C)C. The molecule has 2 aromatic rings. The van der Waals surface area contributed by atoms with Gasteiger partial charge in [-0.3, -0.25) is 9.59 Å². The van der Waals surface area contributed by atoms with E-state index in [1.54, 1.807) is 48.5 Å². The highest BCUT2D eigenvalue weighted by atomic mass is 16.5. The number of Topliss-reactive ketones (excluding diaryl/α,β-unsaturated/α-hetero) is 2. The summed E-state index contributed by atoms with van der Waals surface area (Å²) in [6.07, 6.45) is 0. The van der Waals surface area contributed by atoms with E-state index in [-0.39, 0.29) is 23.4 Å². The number of carbonyl (C=O) groups excluding carboxylic acids is 2. The monoisotopic (exact) mass is 325 g/mol. The van der Waals surface area contributed by atoms with Gasteiger partial charge in [-0.15, -0.1) is 0 Å². The van der Waals surface area contributed by atoms with Crippen LogP contribution in [0.15, 0.2) is 48.5 Å². The molecule has 0 fully saturated rings. The highest BCUT2D eigenvalue weighted by molar-refractivity contribution is 6.29. The molecule has 0 aliphatic rings. The number of ketones is 2. The molecule has 24 heavy (non-hydrogen) atoms. The van der Waals surface area contributed by atoms with Crippen molar-refractivity contribution >= 4 is 11.6 Å². The van der Waals surface area contributed by atoms with Crippen molar-refractivity contribution in [1.29, 1.82) is 0 Å². The normalized spacial score (nSPS) is 10.8. The zero-order chi connectivity index (χ0) is 17.7. The molecule has 4 heteroatoms. The van der Waals surface area contributed by atoms with E-state index in [9.17, 15) is 9.59 Å². The number of carbonyl (C=O) groups is 2. The fraction of sp³-hybridized carbons (Fsp3) is 0.250. The van der Waals surface area contributed by atoms with Gasteiger partial charge in [0.15, 0.2) is 11.6 Å². The van der Waals surface area contributed by atoms with Crippen molar-refractivity contribution in [1.82, 2.24) is 0 Å². The fourth-order valence-electron chi connectivity index (χ4n) is 2.58. The van der Waals surface area contributed by atoms with Crippen LogP contribution in [0, 0.1) is 11.8 Å². The number of hydrogen-bond acceptors (Lipinski definition) is 4. The van der Waals surface area contributed by atoms with Crippen LogP contribution < -0.4 is 9.47 Å². The molecule has 0 saturated heterocycles. The maximum Gasteiger partial charge on any atom is 0.182 e. The standard InChI is InChI=1S/C20H21O4/c1-13(2)18(19(21)14-9-5-7-11-16(14)23-3)20(22)15-10-6-8-12-17(15)24-4/h5-13H,1-4H3. The molecule has 1 radical (unpaired) electrons. The van der Waals surface area contributed by atoms with Gasteiger partial charge in [0.05, 0.1) is 25.3 Å². The topological polar surface area (TPSA) is 52.6 Å². The van der Waals surface area contributed by atoms with Gasteiger partial charge in [-0.2, -0.15) is 0 Å². The number of hydrogen-bond donors (Lipinski definition) is 0. The number of rotatable bonds is 7. The maximum absolute atomic E-state index is 13.0. The van der Waals surface area contributed by atoms with Crippen LogP contribution in [0.4, 0.5) is 0 Å². The third-order valence-electron chi connectivity index (χ3n) is 3.77. The molecular weight excluding hydrogens is 304 g/mol. The van der Waals surface area contributed by atoms with Crippen molar-refractivity contribution in [2.24, 2.45) is 5.92 Å². The summed E-state index contributed by atoms with van der Waals surface area (Å²) in [4.78, 5) is 26.0. The summed E-state index contributed by atoms with van der Waals surface area (Å²) in [6.45, 7) is 3.66. The largest absolute Gasteiger partial charge is 0.496 e. The van der Waals surface area contributed by atoms with Crippen LogP contribution in [-0.2, 0) is 0 Å². The Hall–Kier alpha value is -2.62. The number of methoxy groups -OCH3 is 2. The first-order valence-corrected chi connectivity index (χ1v) is 7.73. The number of benzene rings is 2. The van der Waals surface area contributed by atoms with E-state index >= 15 is 0 Å². The summed E-state index contributed by atoms with van der Waals surface area (Å²) in [5.41, 5.74) is 0.763. The average Bonchev–Trinajstić information content (AvgIpc) is 2.61. The summed E-state index contributed by atoms with van der Waals surface area (Å²) in [5.74, 6) is 0.238. The van der Waals surface area contributed by atoms with Gasteiger partial charge >= 0.3 is 0 Å². The molecular formula is C20H21O4. The molecule has 125 valence electrons. The molecule has 0 N–H and O–H groups in total. The second-order valence-corrected chi connectivity index (χ2v) is 5.63. The van der Waals surface area contributed by atoms with Crippen LogP contribution in [-0.4, -0.2) is 25.8 Å². The Morgan fingerprint density at radius 1 is 0.750 bits per heavy atom.